The van der Waals surface area contributed by atoms with Gasteiger partial charge in [0.15, 0.2) is 5.82 Å². The maximum atomic E-state index is 13.0. The fourth-order valence-corrected chi connectivity index (χ4v) is 4.52. The molecule has 0 unspecified atom stereocenters. The second-order valence-electron chi connectivity index (χ2n) is 8.80. The van der Waals surface area contributed by atoms with E-state index in [1.165, 1.54) is 15.8 Å². The van der Waals surface area contributed by atoms with Crippen molar-refractivity contribution in [2.45, 2.75) is 32.9 Å². The third-order valence-electron chi connectivity index (χ3n) is 6.40. The summed E-state index contributed by atoms with van der Waals surface area (Å²) in [6.07, 6.45) is 7.44. The van der Waals surface area contributed by atoms with Crippen molar-refractivity contribution in [2.75, 3.05) is 29.9 Å². The molecule has 180 valence electrons. The summed E-state index contributed by atoms with van der Waals surface area (Å²) in [4.78, 5) is 39.7. The second kappa shape index (κ2) is 10.0. The number of pyridine rings is 1. The van der Waals surface area contributed by atoms with Crippen molar-refractivity contribution in [3.05, 3.63) is 82.3 Å². The van der Waals surface area contributed by atoms with Gasteiger partial charge < -0.3 is 20.5 Å². The minimum absolute atomic E-state index is 0.0756. The van der Waals surface area contributed by atoms with Gasteiger partial charge in [-0.1, -0.05) is 18.2 Å². The summed E-state index contributed by atoms with van der Waals surface area (Å²) < 4.78 is 1.45. The van der Waals surface area contributed by atoms with Crippen molar-refractivity contribution in [2.24, 2.45) is 0 Å². The highest BCUT2D eigenvalue weighted by molar-refractivity contribution is 5.79. The molecule has 35 heavy (non-hydrogen) atoms. The van der Waals surface area contributed by atoms with E-state index in [2.05, 4.69) is 54.8 Å². The number of fused-ring (bicyclic) bond motifs is 2. The van der Waals surface area contributed by atoms with Crippen LogP contribution in [0.1, 0.15) is 23.4 Å². The number of nitrogens with one attached hydrogen (secondary N) is 3. The van der Waals surface area contributed by atoms with Crippen LogP contribution in [0.3, 0.4) is 0 Å². The van der Waals surface area contributed by atoms with Crippen molar-refractivity contribution >= 4 is 28.3 Å². The fraction of sp³-hybridized carbons (Fsp3) is 0.308. The molecular formula is C26H29N7O2. The normalized spacial score (nSPS) is 13.0. The van der Waals surface area contributed by atoms with Gasteiger partial charge in [0, 0.05) is 48.8 Å². The summed E-state index contributed by atoms with van der Waals surface area (Å²) >= 11 is 0. The topological polar surface area (TPSA) is 108 Å². The van der Waals surface area contributed by atoms with Gasteiger partial charge in [0.2, 0.25) is 5.91 Å². The predicted molar refractivity (Wildman–Crippen MR) is 137 cm³/mol. The number of aromatic amines is 1. The number of H-pyrrole nitrogens is 1. The number of benzene rings is 1. The molecule has 0 bridgehead atoms. The summed E-state index contributed by atoms with van der Waals surface area (Å²) in [5.74, 6) is 0.00140. The molecule has 0 radical (unpaired) electrons. The molecule has 0 atom stereocenters. The minimum atomic E-state index is -0.300. The molecule has 0 saturated carbocycles. The van der Waals surface area contributed by atoms with E-state index in [4.69, 9.17) is 0 Å². The molecule has 4 aromatic rings. The van der Waals surface area contributed by atoms with Crippen LogP contribution in [0.15, 0.2) is 59.8 Å². The highest BCUT2D eigenvalue weighted by Gasteiger charge is 2.16. The Balaban J connectivity index is 1.19. The minimum Gasteiger partial charge on any atom is -0.370 e. The molecule has 9 nitrogen and oxygen atoms in total. The Bertz CT molecular complexity index is 1410. The molecule has 1 aliphatic heterocycles. The first-order valence-electron chi connectivity index (χ1n) is 11.9. The summed E-state index contributed by atoms with van der Waals surface area (Å²) in [5.41, 5.74) is 4.66. The second-order valence-corrected chi connectivity index (χ2v) is 8.80. The van der Waals surface area contributed by atoms with E-state index in [1.807, 2.05) is 18.3 Å². The van der Waals surface area contributed by atoms with Gasteiger partial charge in [0.05, 0.1) is 24.0 Å². The Hall–Kier alpha value is -4.14. The standard InChI is InChI=1S/C26H29N7O2/c1-18-14-31-25(28-10-12-32-11-4-6-19-5-2-3-7-23(19)32)26(35)33(18)17-24(34)30-15-21-13-20-8-9-27-22(20)16-29-21/h2-3,5,7-9,13-14,16,27H,4,6,10-12,15,17H2,1H3,(H,28,31)(H,30,34). The van der Waals surface area contributed by atoms with Gasteiger partial charge in [-0.2, -0.15) is 0 Å². The van der Waals surface area contributed by atoms with Crippen molar-refractivity contribution in [3.8, 4) is 0 Å². The van der Waals surface area contributed by atoms with E-state index in [0.29, 0.717) is 18.8 Å². The van der Waals surface area contributed by atoms with Crippen molar-refractivity contribution in [1.82, 2.24) is 24.8 Å². The first-order chi connectivity index (χ1) is 17.1. The Morgan fingerprint density at radius 3 is 2.97 bits per heavy atom. The molecule has 1 aliphatic rings. The zero-order chi connectivity index (χ0) is 24.2. The smallest absolute Gasteiger partial charge is 0.293 e. The van der Waals surface area contributed by atoms with E-state index in [-0.39, 0.29) is 23.8 Å². The summed E-state index contributed by atoms with van der Waals surface area (Å²) in [6.45, 7) is 4.34. The average molecular weight is 472 g/mol. The zero-order valence-electron chi connectivity index (χ0n) is 19.8. The number of nitrogens with zero attached hydrogens (tertiary/aromatic N) is 4. The number of rotatable bonds is 8. The highest BCUT2D eigenvalue weighted by atomic mass is 16.2. The number of para-hydroxylation sites is 1. The molecule has 0 fully saturated rings. The Morgan fingerprint density at radius 2 is 2.06 bits per heavy atom. The summed E-state index contributed by atoms with van der Waals surface area (Å²) in [6, 6.07) is 12.3. The average Bonchev–Trinajstić information content (AvgIpc) is 3.35. The molecule has 1 amide bonds. The lowest BCUT2D eigenvalue weighted by Gasteiger charge is -2.31. The highest BCUT2D eigenvalue weighted by Crippen LogP contribution is 2.26. The van der Waals surface area contributed by atoms with Crippen molar-refractivity contribution in [3.63, 3.8) is 0 Å². The Labute approximate surface area is 203 Å². The number of amides is 1. The van der Waals surface area contributed by atoms with Gasteiger partial charge in [-0.05, 0) is 43.5 Å². The summed E-state index contributed by atoms with van der Waals surface area (Å²) in [7, 11) is 0. The van der Waals surface area contributed by atoms with Gasteiger partial charge in [0.25, 0.3) is 5.56 Å². The SMILES string of the molecule is Cc1cnc(NCCN2CCCc3ccccc32)c(=O)n1CC(=O)NCc1cc2cc[nH]c2cn1. The number of hydrogen-bond donors (Lipinski definition) is 3. The van der Waals surface area contributed by atoms with Crippen LogP contribution in [0.4, 0.5) is 11.5 Å². The number of carbonyl (C=O) groups is 1. The van der Waals surface area contributed by atoms with Crippen LogP contribution < -0.4 is 21.1 Å². The first-order valence-corrected chi connectivity index (χ1v) is 11.9. The number of hydrogen-bond acceptors (Lipinski definition) is 6. The van der Waals surface area contributed by atoms with Gasteiger partial charge in [-0.3, -0.25) is 19.1 Å². The van der Waals surface area contributed by atoms with Crippen LogP contribution in [0.25, 0.3) is 10.9 Å². The molecule has 0 spiro atoms. The molecular weight excluding hydrogens is 442 g/mol. The molecule has 9 heteroatoms. The molecule has 3 N–H and O–H groups in total. The molecule has 3 aromatic heterocycles. The molecule has 0 saturated heterocycles. The number of aryl methyl sites for hydroxylation is 2. The maximum Gasteiger partial charge on any atom is 0.293 e. The molecule has 5 rings (SSSR count). The van der Waals surface area contributed by atoms with Crippen LogP contribution in [0.2, 0.25) is 0 Å². The third kappa shape index (κ3) is 5.03. The predicted octanol–water partition coefficient (Wildman–Crippen LogP) is 2.61. The Morgan fingerprint density at radius 1 is 1.17 bits per heavy atom. The largest absolute Gasteiger partial charge is 0.370 e. The summed E-state index contributed by atoms with van der Waals surface area (Å²) in [5, 5.41) is 7.06. The fourth-order valence-electron chi connectivity index (χ4n) is 4.52. The van der Waals surface area contributed by atoms with Crippen molar-refractivity contribution < 1.29 is 4.79 Å². The van der Waals surface area contributed by atoms with E-state index < -0.39 is 0 Å². The van der Waals surface area contributed by atoms with Crippen LogP contribution in [0.5, 0.6) is 0 Å². The van der Waals surface area contributed by atoms with Gasteiger partial charge in [0.1, 0.15) is 6.54 Å². The van der Waals surface area contributed by atoms with Gasteiger partial charge in [-0.15, -0.1) is 0 Å². The lowest BCUT2D eigenvalue weighted by Crippen LogP contribution is -2.36. The monoisotopic (exact) mass is 471 g/mol. The van der Waals surface area contributed by atoms with E-state index in [1.54, 1.807) is 19.3 Å². The zero-order valence-corrected chi connectivity index (χ0v) is 19.8. The maximum absolute atomic E-state index is 13.0. The first kappa shape index (κ1) is 22.6. The van der Waals surface area contributed by atoms with E-state index in [9.17, 15) is 9.59 Å². The van der Waals surface area contributed by atoms with Crippen LogP contribution >= 0.6 is 0 Å². The van der Waals surface area contributed by atoms with Gasteiger partial charge in [-0.25, -0.2) is 4.98 Å². The molecule has 0 aliphatic carbocycles. The Kier molecular flexibility index (Phi) is 6.47. The third-order valence-corrected chi connectivity index (χ3v) is 6.40. The van der Waals surface area contributed by atoms with Crippen molar-refractivity contribution in [1.29, 1.82) is 0 Å². The lowest BCUT2D eigenvalue weighted by molar-refractivity contribution is -0.121. The van der Waals surface area contributed by atoms with Crippen LogP contribution in [-0.4, -0.2) is 45.1 Å². The van der Waals surface area contributed by atoms with E-state index >= 15 is 0 Å². The van der Waals surface area contributed by atoms with E-state index in [0.717, 1.165) is 42.5 Å². The molecule has 4 heterocycles. The quantitative estimate of drug-likeness (QED) is 0.365. The number of anilines is 2. The van der Waals surface area contributed by atoms with Crippen LogP contribution in [0, 0.1) is 6.92 Å². The number of carbonyl (C=O) groups excluding carboxylic acids is 1. The lowest BCUT2D eigenvalue weighted by atomic mass is 10.0. The van der Waals surface area contributed by atoms with Crippen LogP contribution in [-0.2, 0) is 24.3 Å². The number of aromatic nitrogens is 4. The van der Waals surface area contributed by atoms with Gasteiger partial charge >= 0.3 is 0 Å². The molecule has 1 aromatic carbocycles.